The first-order valence-corrected chi connectivity index (χ1v) is 8.37. The predicted molar refractivity (Wildman–Crippen MR) is 97.3 cm³/mol. The van der Waals surface area contributed by atoms with Gasteiger partial charge in [-0.3, -0.25) is 4.79 Å². The Bertz CT molecular complexity index is 752. The van der Waals surface area contributed by atoms with Crippen LogP contribution in [0.4, 0.5) is 0 Å². The normalized spacial score (nSPS) is 17.2. The lowest BCUT2D eigenvalue weighted by Crippen LogP contribution is -2.32. The van der Waals surface area contributed by atoms with E-state index >= 15 is 0 Å². The number of likely N-dealkylation sites (N-methyl/N-ethyl adjacent to an activating group) is 1. The van der Waals surface area contributed by atoms with Crippen molar-refractivity contribution in [2.45, 2.75) is 13.0 Å². The van der Waals surface area contributed by atoms with Crippen LogP contribution in [0.25, 0.3) is 6.08 Å². The molecule has 1 aliphatic rings. The third-order valence-corrected chi connectivity index (χ3v) is 4.29. The number of ketones is 1. The molecule has 0 aromatic heterocycles. The third-order valence-electron chi connectivity index (χ3n) is 4.04. The van der Waals surface area contributed by atoms with Crippen LogP contribution in [0.5, 0.6) is 5.75 Å². The maximum Gasteiger partial charge on any atom is 0.161 e. The summed E-state index contributed by atoms with van der Waals surface area (Å²) >= 11 is 5.89. The molecule has 0 N–H and O–H groups in total. The van der Waals surface area contributed by atoms with Crippen LogP contribution in [0.1, 0.15) is 17.5 Å². The van der Waals surface area contributed by atoms with Crippen molar-refractivity contribution in [3.8, 4) is 5.75 Å². The Hall–Kier alpha value is -2.10. The molecule has 3 rings (SSSR count). The lowest BCUT2D eigenvalue weighted by Gasteiger charge is -2.23. The number of halogens is 1. The number of carbonyl (C=O) groups is 1. The monoisotopic (exact) mass is 341 g/mol. The molecule has 1 saturated heterocycles. The summed E-state index contributed by atoms with van der Waals surface area (Å²) in [6.07, 6.45) is 2.56. The summed E-state index contributed by atoms with van der Waals surface area (Å²) < 4.78 is 5.84. The molecule has 0 amide bonds. The highest BCUT2D eigenvalue weighted by molar-refractivity contribution is 6.30. The molecule has 124 valence electrons. The molecule has 0 spiro atoms. The quantitative estimate of drug-likeness (QED) is 0.780. The van der Waals surface area contributed by atoms with Crippen LogP contribution in [-0.4, -0.2) is 30.8 Å². The maximum absolute atomic E-state index is 12.0. The van der Waals surface area contributed by atoms with Crippen LogP contribution < -0.4 is 4.74 Å². The van der Waals surface area contributed by atoms with Crippen LogP contribution in [0, 0.1) is 0 Å². The van der Waals surface area contributed by atoms with Gasteiger partial charge in [0.05, 0.1) is 0 Å². The first-order chi connectivity index (χ1) is 11.6. The fourth-order valence-corrected chi connectivity index (χ4v) is 2.81. The number of rotatable bonds is 4. The van der Waals surface area contributed by atoms with Gasteiger partial charge >= 0.3 is 0 Å². The number of hydrogen-bond acceptors (Lipinski definition) is 3. The van der Waals surface area contributed by atoms with Crippen LogP contribution >= 0.6 is 11.6 Å². The first-order valence-electron chi connectivity index (χ1n) is 8.00. The fraction of sp³-hybridized carbons (Fsp3) is 0.250. The van der Waals surface area contributed by atoms with Crippen LogP contribution in [0.15, 0.2) is 54.1 Å². The Labute approximate surface area is 147 Å². The van der Waals surface area contributed by atoms with E-state index in [9.17, 15) is 4.79 Å². The van der Waals surface area contributed by atoms with E-state index in [1.165, 1.54) is 0 Å². The van der Waals surface area contributed by atoms with E-state index < -0.39 is 0 Å². The number of nitrogens with zero attached hydrogens (tertiary/aromatic N) is 1. The standard InChI is InChI=1S/C20H20ClNO2/c1-22-10-9-20(23)17(13-22)11-16-3-2-4-19(12-16)24-14-15-5-7-18(21)8-6-15/h2-8,11-12H,9-10,13-14H2,1H3/b17-11+. The molecule has 0 unspecified atom stereocenters. The van der Waals surface area contributed by atoms with Crippen molar-refractivity contribution in [3.05, 3.63) is 70.3 Å². The summed E-state index contributed by atoms with van der Waals surface area (Å²) in [6, 6.07) is 15.4. The average molecular weight is 342 g/mol. The van der Waals surface area contributed by atoms with E-state index in [2.05, 4.69) is 4.90 Å². The Morgan fingerprint density at radius 1 is 1.21 bits per heavy atom. The Morgan fingerprint density at radius 3 is 2.79 bits per heavy atom. The van der Waals surface area contributed by atoms with Crippen molar-refractivity contribution in [3.63, 3.8) is 0 Å². The van der Waals surface area contributed by atoms with Crippen LogP contribution in [0.3, 0.4) is 0 Å². The number of ether oxygens (including phenoxy) is 1. The van der Waals surface area contributed by atoms with E-state index in [0.717, 1.165) is 34.0 Å². The summed E-state index contributed by atoms with van der Waals surface area (Å²) in [4.78, 5) is 14.2. The number of Topliss-reactive ketones (excluding diaryl/α,β-unsaturated/α-hetero) is 1. The number of hydrogen-bond donors (Lipinski definition) is 0. The van der Waals surface area contributed by atoms with E-state index in [1.54, 1.807) is 0 Å². The van der Waals surface area contributed by atoms with Crippen molar-refractivity contribution in [2.75, 3.05) is 20.1 Å². The van der Waals surface area contributed by atoms with Crippen molar-refractivity contribution < 1.29 is 9.53 Å². The zero-order valence-corrected chi connectivity index (χ0v) is 14.4. The molecule has 1 aliphatic heterocycles. The summed E-state index contributed by atoms with van der Waals surface area (Å²) in [6.45, 7) is 2.02. The fourth-order valence-electron chi connectivity index (χ4n) is 2.68. The second-order valence-corrected chi connectivity index (χ2v) is 6.50. The van der Waals surface area contributed by atoms with Crippen LogP contribution in [0.2, 0.25) is 5.02 Å². The molecule has 24 heavy (non-hydrogen) atoms. The number of carbonyl (C=O) groups excluding carboxylic acids is 1. The summed E-state index contributed by atoms with van der Waals surface area (Å²) in [7, 11) is 2.03. The highest BCUT2D eigenvalue weighted by Gasteiger charge is 2.18. The highest BCUT2D eigenvalue weighted by atomic mass is 35.5. The molecular weight excluding hydrogens is 322 g/mol. The van der Waals surface area contributed by atoms with Gasteiger partial charge < -0.3 is 9.64 Å². The van der Waals surface area contributed by atoms with Gasteiger partial charge in [-0.2, -0.15) is 0 Å². The molecule has 1 heterocycles. The number of benzene rings is 2. The Kier molecular flexibility index (Phi) is 5.34. The molecule has 0 radical (unpaired) electrons. The molecule has 1 fully saturated rings. The van der Waals surface area contributed by atoms with Gasteiger partial charge in [-0.25, -0.2) is 0 Å². The second kappa shape index (κ2) is 7.65. The molecule has 0 saturated carbocycles. The molecule has 4 heteroatoms. The van der Waals surface area contributed by atoms with E-state index in [4.69, 9.17) is 16.3 Å². The summed E-state index contributed by atoms with van der Waals surface area (Å²) in [5, 5.41) is 0.717. The first kappa shape index (κ1) is 16.7. The van der Waals surface area contributed by atoms with Crippen molar-refractivity contribution in [2.24, 2.45) is 0 Å². The van der Waals surface area contributed by atoms with Gasteiger partial charge in [0.2, 0.25) is 0 Å². The van der Waals surface area contributed by atoms with Gasteiger partial charge in [0.25, 0.3) is 0 Å². The van der Waals surface area contributed by atoms with Gasteiger partial charge in [0, 0.05) is 30.1 Å². The largest absolute Gasteiger partial charge is 0.489 e. The Morgan fingerprint density at radius 2 is 2.00 bits per heavy atom. The molecule has 2 aromatic rings. The van der Waals surface area contributed by atoms with Crippen LogP contribution in [-0.2, 0) is 11.4 Å². The Balaban J connectivity index is 1.69. The highest BCUT2D eigenvalue weighted by Crippen LogP contribution is 2.20. The van der Waals surface area contributed by atoms with Gasteiger partial charge in [0.1, 0.15) is 12.4 Å². The minimum absolute atomic E-state index is 0.237. The lowest BCUT2D eigenvalue weighted by molar-refractivity contribution is -0.117. The third kappa shape index (κ3) is 4.47. The molecular formula is C20H20ClNO2. The van der Waals surface area contributed by atoms with Gasteiger partial charge in [0.15, 0.2) is 5.78 Å². The number of piperidine rings is 1. The minimum Gasteiger partial charge on any atom is -0.489 e. The predicted octanol–water partition coefficient (Wildman–Crippen LogP) is 4.21. The zero-order chi connectivity index (χ0) is 16.9. The molecule has 3 nitrogen and oxygen atoms in total. The minimum atomic E-state index is 0.237. The van der Waals surface area contributed by atoms with E-state index in [-0.39, 0.29) is 5.78 Å². The summed E-state index contributed by atoms with van der Waals surface area (Å²) in [5.41, 5.74) is 2.91. The van der Waals surface area contributed by atoms with Crippen molar-refractivity contribution in [1.82, 2.24) is 4.90 Å². The van der Waals surface area contributed by atoms with Gasteiger partial charge in [-0.1, -0.05) is 35.9 Å². The van der Waals surface area contributed by atoms with Crippen molar-refractivity contribution in [1.29, 1.82) is 0 Å². The molecule has 2 aromatic carbocycles. The van der Waals surface area contributed by atoms with Gasteiger partial charge in [-0.05, 0) is 48.5 Å². The smallest absolute Gasteiger partial charge is 0.161 e. The zero-order valence-electron chi connectivity index (χ0n) is 13.7. The summed E-state index contributed by atoms with van der Waals surface area (Å²) in [5.74, 6) is 1.02. The molecule has 0 aliphatic carbocycles. The molecule has 0 bridgehead atoms. The maximum atomic E-state index is 12.0. The van der Waals surface area contributed by atoms with E-state index in [1.807, 2.05) is 61.7 Å². The second-order valence-electron chi connectivity index (χ2n) is 6.07. The van der Waals surface area contributed by atoms with E-state index in [0.29, 0.717) is 19.6 Å². The molecule has 0 atom stereocenters. The topological polar surface area (TPSA) is 29.5 Å². The average Bonchev–Trinajstić information content (AvgIpc) is 2.58. The number of likely N-dealkylation sites (tertiary alicyclic amines) is 1. The lowest BCUT2D eigenvalue weighted by atomic mass is 10.0. The van der Waals surface area contributed by atoms with Crippen molar-refractivity contribution >= 4 is 23.5 Å². The van der Waals surface area contributed by atoms with Gasteiger partial charge in [-0.15, -0.1) is 0 Å². The SMILES string of the molecule is CN1CCC(=O)/C(=C/c2cccc(OCc3ccc(Cl)cc3)c2)C1.